The molecule has 0 aliphatic carbocycles. The van der Waals surface area contributed by atoms with Gasteiger partial charge in [0.15, 0.2) is 11.5 Å². The zero-order valence-corrected chi connectivity index (χ0v) is 14.8. The molecule has 0 saturated heterocycles. The maximum atomic E-state index is 11.9. The lowest BCUT2D eigenvalue weighted by molar-refractivity contribution is -0.384. The Balaban J connectivity index is 1.99. The zero-order chi connectivity index (χ0) is 19.1. The summed E-state index contributed by atoms with van der Waals surface area (Å²) in [4.78, 5) is 22.0. The molecule has 0 fully saturated rings. The third kappa shape index (κ3) is 4.93. The van der Waals surface area contributed by atoms with Gasteiger partial charge < -0.3 is 9.47 Å². The van der Waals surface area contributed by atoms with Gasteiger partial charge in [-0.3, -0.25) is 14.9 Å². The molecule has 1 N–H and O–H groups in total. The maximum Gasteiger partial charge on any atom is 0.269 e. The fraction of sp³-hybridized carbons (Fsp3) is 0.176. The molecule has 0 saturated carbocycles. The van der Waals surface area contributed by atoms with Gasteiger partial charge in [0, 0.05) is 23.8 Å². The Morgan fingerprint density at radius 1 is 1.23 bits per heavy atom. The van der Waals surface area contributed by atoms with Crippen LogP contribution in [0.4, 0.5) is 5.69 Å². The number of hydrazone groups is 1. The van der Waals surface area contributed by atoms with E-state index in [1.54, 1.807) is 12.1 Å². The van der Waals surface area contributed by atoms with E-state index >= 15 is 0 Å². The van der Waals surface area contributed by atoms with Crippen molar-refractivity contribution in [2.24, 2.45) is 5.10 Å². The highest BCUT2D eigenvalue weighted by molar-refractivity contribution is 6.33. The molecular formula is C17H16ClN3O5. The van der Waals surface area contributed by atoms with Crippen molar-refractivity contribution in [1.82, 2.24) is 5.43 Å². The van der Waals surface area contributed by atoms with Crippen molar-refractivity contribution in [1.29, 1.82) is 0 Å². The van der Waals surface area contributed by atoms with Gasteiger partial charge in [-0.1, -0.05) is 23.7 Å². The number of nitro groups is 1. The van der Waals surface area contributed by atoms with Crippen LogP contribution in [-0.2, 0) is 11.2 Å². The normalized spacial score (nSPS) is 10.6. The van der Waals surface area contributed by atoms with Crippen LogP contribution >= 0.6 is 11.6 Å². The van der Waals surface area contributed by atoms with Gasteiger partial charge in [0.25, 0.3) is 5.69 Å². The van der Waals surface area contributed by atoms with Crippen LogP contribution in [0.25, 0.3) is 0 Å². The topological polar surface area (TPSA) is 103 Å². The van der Waals surface area contributed by atoms with Crippen LogP contribution in [0.15, 0.2) is 41.5 Å². The minimum atomic E-state index is -0.499. The van der Waals surface area contributed by atoms with E-state index in [1.807, 2.05) is 0 Å². The molecule has 0 atom stereocenters. The Kier molecular flexibility index (Phi) is 6.51. The number of amides is 1. The van der Waals surface area contributed by atoms with Gasteiger partial charge in [-0.2, -0.15) is 5.10 Å². The number of methoxy groups -OCH3 is 2. The second-order valence-corrected chi connectivity index (χ2v) is 5.53. The molecule has 0 aliphatic heterocycles. The van der Waals surface area contributed by atoms with Crippen molar-refractivity contribution in [3.63, 3.8) is 0 Å². The number of nitrogens with one attached hydrogen (secondary N) is 1. The number of benzene rings is 2. The molecule has 26 heavy (non-hydrogen) atoms. The van der Waals surface area contributed by atoms with Crippen LogP contribution in [0, 0.1) is 10.1 Å². The zero-order valence-electron chi connectivity index (χ0n) is 14.1. The Labute approximate surface area is 154 Å². The first-order chi connectivity index (χ1) is 12.4. The minimum absolute atomic E-state index is 0.0322. The van der Waals surface area contributed by atoms with Crippen LogP contribution in [0.3, 0.4) is 0 Å². The highest BCUT2D eigenvalue weighted by Crippen LogP contribution is 2.32. The molecule has 0 aromatic heterocycles. The predicted molar refractivity (Wildman–Crippen MR) is 97.1 cm³/mol. The molecule has 0 radical (unpaired) electrons. The Morgan fingerprint density at radius 3 is 2.42 bits per heavy atom. The first kappa shape index (κ1) is 19.2. The van der Waals surface area contributed by atoms with Gasteiger partial charge in [0.1, 0.15) is 0 Å². The molecule has 0 bridgehead atoms. The third-order valence-electron chi connectivity index (χ3n) is 3.41. The van der Waals surface area contributed by atoms with E-state index in [0.717, 1.165) is 0 Å². The number of hydrogen-bond acceptors (Lipinski definition) is 6. The van der Waals surface area contributed by atoms with E-state index in [9.17, 15) is 14.9 Å². The van der Waals surface area contributed by atoms with Gasteiger partial charge in [0.05, 0.1) is 36.8 Å². The molecule has 0 unspecified atom stereocenters. The lowest BCUT2D eigenvalue weighted by Crippen LogP contribution is -2.19. The summed E-state index contributed by atoms with van der Waals surface area (Å²) in [5.74, 6) is 0.596. The highest BCUT2D eigenvalue weighted by atomic mass is 35.5. The van der Waals surface area contributed by atoms with Crippen LogP contribution in [-0.4, -0.2) is 31.3 Å². The first-order valence-electron chi connectivity index (χ1n) is 7.41. The first-order valence-corrected chi connectivity index (χ1v) is 7.79. The number of halogens is 1. The fourth-order valence-electron chi connectivity index (χ4n) is 2.10. The molecule has 2 rings (SSSR count). The monoisotopic (exact) mass is 377 g/mol. The van der Waals surface area contributed by atoms with Crippen molar-refractivity contribution >= 4 is 29.4 Å². The van der Waals surface area contributed by atoms with Crippen molar-refractivity contribution in [2.75, 3.05) is 14.2 Å². The van der Waals surface area contributed by atoms with Crippen molar-refractivity contribution < 1.29 is 19.2 Å². The summed E-state index contributed by atoms with van der Waals surface area (Å²) in [6.45, 7) is 0. The number of rotatable bonds is 7. The van der Waals surface area contributed by atoms with E-state index in [4.69, 9.17) is 21.1 Å². The van der Waals surface area contributed by atoms with Crippen molar-refractivity contribution in [2.45, 2.75) is 6.42 Å². The minimum Gasteiger partial charge on any atom is -0.493 e. The Morgan fingerprint density at radius 2 is 1.85 bits per heavy atom. The van der Waals surface area contributed by atoms with Gasteiger partial charge in [-0.05, 0) is 11.6 Å². The van der Waals surface area contributed by atoms with Crippen molar-refractivity contribution in [3.05, 3.63) is 62.7 Å². The van der Waals surface area contributed by atoms with Crippen LogP contribution < -0.4 is 14.9 Å². The Hall–Kier alpha value is -3.13. The smallest absolute Gasteiger partial charge is 0.269 e. The van der Waals surface area contributed by atoms with E-state index in [1.165, 1.54) is 44.7 Å². The molecule has 8 nitrogen and oxygen atoms in total. The van der Waals surface area contributed by atoms with Crippen LogP contribution in [0.1, 0.15) is 11.1 Å². The van der Waals surface area contributed by atoms with E-state index in [-0.39, 0.29) is 18.0 Å². The summed E-state index contributed by atoms with van der Waals surface area (Å²) < 4.78 is 10.3. The molecule has 0 heterocycles. The second kappa shape index (κ2) is 8.82. The molecule has 1 amide bonds. The summed E-state index contributed by atoms with van der Waals surface area (Å²) in [5.41, 5.74) is 3.52. The number of carbonyl (C=O) groups is 1. The lowest BCUT2D eigenvalue weighted by Gasteiger charge is -2.09. The van der Waals surface area contributed by atoms with Crippen molar-refractivity contribution in [3.8, 4) is 11.5 Å². The van der Waals surface area contributed by atoms with Crippen LogP contribution in [0.5, 0.6) is 11.5 Å². The van der Waals surface area contributed by atoms with Gasteiger partial charge in [-0.15, -0.1) is 0 Å². The van der Waals surface area contributed by atoms with E-state index in [2.05, 4.69) is 10.5 Å². The molecule has 9 heteroatoms. The average Bonchev–Trinajstić information content (AvgIpc) is 2.63. The highest BCUT2D eigenvalue weighted by Gasteiger charge is 2.09. The summed E-state index contributed by atoms with van der Waals surface area (Å²) in [6, 6.07) is 8.94. The number of hydrogen-bond donors (Lipinski definition) is 1. The summed E-state index contributed by atoms with van der Waals surface area (Å²) in [7, 11) is 3.00. The SMILES string of the molecule is COc1cc(Cl)c(/C=N\NC(=O)Cc2ccc([N+](=O)[O-])cc2)cc1OC. The summed E-state index contributed by atoms with van der Waals surface area (Å²) in [5, 5.41) is 14.9. The average molecular weight is 378 g/mol. The number of nitrogens with zero attached hydrogens (tertiary/aromatic N) is 2. The predicted octanol–water partition coefficient (Wildman–Crippen LogP) is 2.96. The second-order valence-electron chi connectivity index (χ2n) is 5.12. The van der Waals surface area contributed by atoms with E-state index < -0.39 is 4.92 Å². The largest absolute Gasteiger partial charge is 0.493 e. The lowest BCUT2D eigenvalue weighted by atomic mass is 10.1. The third-order valence-corrected chi connectivity index (χ3v) is 3.73. The number of ether oxygens (including phenoxy) is 2. The molecule has 136 valence electrons. The maximum absolute atomic E-state index is 11.9. The molecular weight excluding hydrogens is 362 g/mol. The molecule has 0 spiro atoms. The quantitative estimate of drug-likeness (QED) is 0.454. The van der Waals surface area contributed by atoms with Gasteiger partial charge in [-0.25, -0.2) is 5.43 Å². The molecule has 2 aromatic carbocycles. The summed E-state index contributed by atoms with van der Waals surface area (Å²) >= 11 is 6.13. The molecule has 0 aliphatic rings. The fourth-order valence-corrected chi connectivity index (χ4v) is 2.31. The number of carbonyl (C=O) groups excluding carboxylic acids is 1. The van der Waals surface area contributed by atoms with E-state index in [0.29, 0.717) is 27.6 Å². The van der Waals surface area contributed by atoms with Crippen LogP contribution in [0.2, 0.25) is 5.02 Å². The number of nitro benzene ring substituents is 1. The Bertz CT molecular complexity index is 837. The van der Waals surface area contributed by atoms with Gasteiger partial charge >= 0.3 is 0 Å². The standard InChI is InChI=1S/C17H16ClN3O5/c1-25-15-8-12(14(18)9-16(15)26-2)10-19-20-17(22)7-11-3-5-13(6-4-11)21(23)24/h3-6,8-10H,7H2,1-2H3,(H,20,22)/b19-10-. The number of non-ortho nitro benzene ring substituents is 1. The van der Waals surface area contributed by atoms with Gasteiger partial charge in [0.2, 0.25) is 5.91 Å². The summed E-state index contributed by atoms with van der Waals surface area (Å²) in [6.07, 6.45) is 1.42. The molecule has 2 aromatic rings.